The van der Waals surface area contributed by atoms with E-state index in [1.54, 1.807) is 0 Å². The summed E-state index contributed by atoms with van der Waals surface area (Å²) < 4.78 is 0. The zero-order chi connectivity index (χ0) is 16.8. The van der Waals surface area contributed by atoms with Crippen molar-refractivity contribution in [3.05, 3.63) is 71.8 Å². The molecule has 0 aromatic heterocycles. The van der Waals surface area contributed by atoms with Crippen molar-refractivity contribution in [1.29, 1.82) is 0 Å². The van der Waals surface area contributed by atoms with E-state index in [9.17, 15) is 15.0 Å². The van der Waals surface area contributed by atoms with Crippen LogP contribution in [0.1, 0.15) is 11.1 Å². The number of rotatable bonds is 4. The molecule has 0 atom stereocenters. The van der Waals surface area contributed by atoms with E-state index in [-0.39, 0.29) is 5.41 Å². The molecule has 0 heterocycles. The van der Waals surface area contributed by atoms with Crippen molar-refractivity contribution in [2.75, 3.05) is 0 Å². The van der Waals surface area contributed by atoms with E-state index in [0.717, 1.165) is 11.1 Å². The van der Waals surface area contributed by atoms with Gasteiger partial charge in [-0.15, -0.1) is 0 Å². The van der Waals surface area contributed by atoms with Gasteiger partial charge in [0.25, 0.3) is 0 Å². The highest BCUT2D eigenvalue weighted by Gasteiger charge is 3.13. The lowest BCUT2D eigenvalue weighted by atomic mass is 8.91. The first kappa shape index (κ1) is 13.1. The standard InChI is InChI=1S/C22H18O3/c23-19(24)20-13-16-14(20)18-15(20)17(13)21(16,18)22(25,11-7-3-1-4-8-11)12-9-5-2-6-10-12/h1-10,13-18,25H,(H,23,24). The normalized spacial score (nSPS) is 48.8. The molecule has 3 heteroatoms. The van der Waals surface area contributed by atoms with Crippen LogP contribution < -0.4 is 0 Å². The van der Waals surface area contributed by atoms with Crippen LogP contribution in [0.15, 0.2) is 60.7 Å². The summed E-state index contributed by atoms with van der Waals surface area (Å²) in [5, 5.41) is 21.9. The molecule has 3 nitrogen and oxygen atoms in total. The molecule has 8 rings (SSSR count). The number of aliphatic hydroxyl groups is 1. The van der Waals surface area contributed by atoms with Crippen molar-refractivity contribution in [1.82, 2.24) is 0 Å². The van der Waals surface area contributed by atoms with Gasteiger partial charge in [-0.1, -0.05) is 60.7 Å². The molecule has 124 valence electrons. The first-order valence-corrected chi connectivity index (χ1v) is 9.20. The summed E-state index contributed by atoms with van der Waals surface area (Å²) in [6.45, 7) is 0. The maximum absolute atomic E-state index is 12.2. The van der Waals surface area contributed by atoms with Gasteiger partial charge in [-0.3, -0.25) is 4.79 Å². The van der Waals surface area contributed by atoms with E-state index in [1.807, 2.05) is 60.7 Å². The number of hydrogen-bond acceptors (Lipinski definition) is 2. The fourth-order valence-electron chi connectivity index (χ4n) is 8.70. The fraction of sp³-hybridized carbons (Fsp3) is 0.409. The molecular weight excluding hydrogens is 312 g/mol. The van der Waals surface area contributed by atoms with Crippen molar-refractivity contribution >= 4 is 5.97 Å². The molecule has 0 bridgehead atoms. The Morgan fingerprint density at radius 3 is 1.52 bits per heavy atom. The highest BCUT2D eigenvalue weighted by molar-refractivity contribution is 5.87. The Kier molecular flexibility index (Phi) is 1.79. The van der Waals surface area contributed by atoms with Crippen molar-refractivity contribution in [3.8, 4) is 0 Å². The summed E-state index contributed by atoms with van der Waals surface area (Å²) in [4.78, 5) is 11.8. The monoisotopic (exact) mass is 330 g/mol. The zero-order valence-electron chi connectivity index (χ0n) is 13.5. The fourth-order valence-corrected chi connectivity index (χ4v) is 8.70. The van der Waals surface area contributed by atoms with Gasteiger partial charge in [-0.25, -0.2) is 0 Å². The van der Waals surface area contributed by atoms with Crippen LogP contribution in [0.5, 0.6) is 0 Å². The molecular formula is C22H18O3. The van der Waals surface area contributed by atoms with Gasteiger partial charge >= 0.3 is 5.97 Å². The topological polar surface area (TPSA) is 57.5 Å². The minimum absolute atomic E-state index is 0.118. The van der Waals surface area contributed by atoms with Crippen molar-refractivity contribution < 1.29 is 15.0 Å². The second-order valence-electron chi connectivity index (χ2n) is 8.77. The summed E-state index contributed by atoms with van der Waals surface area (Å²) >= 11 is 0. The number of hydrogen-bond donors (Lipinski definition) is 2. The number of aliphatic carboxylic acids is 1. The predicted molar refractivity (Wildman–Crippen MR) is 89.3 cm³/mol. The third-order valence-electron chi connectivity index (χ3n) is 9.01. The first-order valence-electron chi connectivity index (χ1n) is 9.20. The molecule has 6 fully saturated rings. The summed E-state index contributed by atoms with van der Waals surface area (Å²) in [6.07, 6.45) is 0. The summed E-state index contributed by atoms with van der Waals surface area (Å²) in [7, 11) is 0. The van der Waals surface area contributed by atoms with E-state index in [0.29, 0.717) is 35.5 Å². The van der Waals surface area contributed by atoms with Crippen LogP contribution in [-0.4, -0.2) is 16.2 Å². The minimum atomic E-state index is -0.996. The van der Waals surface area contributed by atoms with E-state index in [2.05, 4.69) is 0 Å². The number of carbonyl (C=O) groups is 1. The van der Waals surface area contributed by atoms with Gasteiger partial charge in [-0.2, -0.15) is 0 Å². The quantitative estimate of drug-likeness (QED) is 0.906. The van der Waals surface area contributed by atoms with Gasteiger partial charge in [0, 0.05) is 5.41 Å². The van der Waals surface area contributed by atoms with Gasteiger partial charge in [-0.05, 0) is 46.6 Å². The molecule has 0 unspecified atom stereocenters. The summed E-state index contributed by atoms with van der Waals surface area (Å²) in [5.74, 6) is 1.58. The van der Waals surface area contributed by atoms with Crippen molar-refractivity contribution in [3.63, 3.8) is 0 Å². The van der Waals surface area contributed by atoms with Crippen LogP contribution in [0.2, 0.25) is 0 Å². The van der Waals surface area contributed by atoms with Gasteiger partial charge < -0.3 is 10.2 Å². The molecule has 6 aliphatic carbocycles. The maximum Gasteiger partial charge on any atom is 0.310 e. The van der Waals surface area contributed by atoms with Crippen molar-refractivity contribution in [2.45, 2.75) is 5.60 Å². The van der Waals surface area contributed by atoms with Crippen molar-refractivity contribution in [2.24, 2.45) is 46.3 Å². The van der Waals surface area contributed by atoms with Gasteiger partial charge in [0.05, 0.1) is 5.41 Å². The van der Waals surface area contributed by atoms with Crippen LogP contribution in [0.3, 0.4) is 0 Å². The Morgan fingerprint density at radius 2 is 1.16 bits per heavy atom. The first-order chi connectivity index (χ1) is 12.1. The third-order valence-corrected chi connectivity index (χ3v) is 9.01. The molecule has 0 spiro atoms. The highest BCUT2D eigenvalue weighted by atomic mass is 16.4. The molecule has 0 saturated heterocycles. The lowest BCUT2D eigenvalue weighted by Gasteiger charge is -3.11. The Labute approximate surface area is 145 Å². The zero-order valence-corrected chi connectivity index (χ0v) is 13.5. The SMILES string of the molecule is O=C(O)C12C3C4C1C1C2C3C41C(O)(c1ccccc1)c1ccccc1. The van der Waals surface area contributed by atoms with Crippen LogP contribution in [0, 0.1) is 46.3 Å². The molecule has 6 aliphatic rings. The Morgan fingerprint density at radius 1 is 0.760 bits per heavy atom. The Bertz CT molecular complexity index is 855. The average molecular weight is 330 g/mol. The number of carboxylic acid groups (broad SMARTS) is 1. The van der Waals surface area contributed by atoms with E-state index < -0.39 is 17.0 Å². The molecule has 2 aromatic carbocycles. The number of benzene rings is 2. The predicted octanol–water partition coefficient (Wildman–Crippen LogP) is 2.75. The molecule has 0 amide bonds. The highest BCUT2D eigenvalue weighted by Crippen LogP contribution is 3.12. The Balaban J connectivity index is 1.41. The molecule has 2 N–H and O–H groups in total. The summed E-state index contributed by atoms with van der Waals surface area (Å²) in [5.41, 5.74) is 0.412. The molecule has 6 saturated carbocycles. The van der Waals surface area contributed by atoms with Crippen LogP contribution in [-0.2, 0) is 10.4 Å². The lowest BCUT2D eigenvalue weighted by molar-refractivity contribution is -0.664. The molecule has 25 heavy (non-hydrogen) atoms. The maximum atomic E-state index is 12.2. The summed E-state index contributed by atoms with van der Waals surface area (Å²) in [6, 6.07) is 20.0. The van der Waals surface area contributed by atoms with Crippen LogP contribution in [0.4, 0.5) is 0 Å². The van der Waals surface area contributed by atoms with Gasteiger partial charge in [0.1, 0.15) is 5.60 Å². The van der Waals surface area contributed by atoms with Crippen LogP contribution >= 0.6 is 0 Å². The number of carboxylic acids is 1. The van der Waals surface area contributed by atoms with Gasteiger partial charge in [0.15, 0.2) is 0 Å². The molecule has 0 aliphatic heterocycles. The minimum Gasteiger partial charge on any atom is -0.481 e. The van der Waals surface area contributed by atoms with Gasteiger partial charge in [0.2, 0.25) is 0 Å². The van der Waals surface area contributed by atoms with E-state index in [1.165, 1.54) is 0 Å². The average Bonchev–Trinajstić information content (AvgIpc) is 2.68. The van der Waals surface area contributed by atoms with E-state index >= 15 is 0 Å². The molecule has 0 radical (unpaired) electrons. The molecule has 2 aromatic rings. The van der Waals surface area contributed by atoms with Crippen LogP contribution in [0.25, 0.3) is 0 Å². The second-order valence-corrected chi connectivity index (χ2v) is 8.77. The lowest BCUT2D eigenvalue weighted by Crippen LogP contribution is -3.13. The Hall–Kier alpha value is -2.13. The largest absolute Gasteiger partial charge is 0.481 e. The smallest absolute Gasteiger partial charge is 0.310 e. The third kappa shape index (κ3) is 0.849. The van der Waals surface area contributed by atoms with E-state index in [4.69, 9.17) is 0 Å². The second kappa shape index (κ2) is 3.41.